The van der Waals surface area contributed by atoms with E-state index in [2.05, 4.69) is 17.8 Å². The first kappa shape index (κ1) is 11.2. The van der Waals surface area contributed by atoms with Crippen LogP contribution in [-0.4, -0.2) is 21.6 Å². The van der Waals surface area contributed by atoms with Gasteiger partial charge in [-0.15, -0.1) is 6.58 Å². The Bertz CT molecular complexity index is 317. The number of aromatic nitrogens is 2. The summed E-state index contributed by atoms with van der Waals surface area (Å²) in [6.07, 6.45) is 4.87. The molecule has 0 aromatic carbocycles. The van der Waals surface area contributed by atoms with E-state index in [1.165, 1.54) is 0 Å². The number of anilines is 1. The predicted molar refractivity (Wildman–Crippen MR) is 63.7 cm³/mol. The molecule has 78 valence electrons. The van der Waals surface area contributed by atoms with Crippen molar-refractivity contribution in [2.75, 3.05) is 17.7 Å². The first-order valence-corrected chi connectivity index (χ1v) is 6.01. The molecular formula is C10H17N3S. The SMILES string of the molecule is C=CCn1c(C)nc(CCSC)c1N. The van der Waals surface area contributed by atoms with Crippen molar-refractivity contribution in [2.24, 2.45) is 0 Å². The predicted octanol–water partition coefficient (Wildman–Crippen LogP) is 1.87. The number of thioether (sulfide) groups is 1. The van der Waals surface area contributed by atoms with Crippen molar-refractivity contribution < 1.29 is 0 Å². The highest BCUT2D eigenvalue weighted by molar-refractivity contribution is 7.98. The van der Waals surface area contributed by atoms with E-state index in [9.17, 15) is 0 Å². The van der Waals surface area contributed by atoms with E-state index in [-0.39, 0.29) is 0 Å². The van der Waals surface area contributed by atoms with Gasteiger partial charge in [0, 0.05) is 13.0 Å². The van der Waals surface area contributed by atoms with Crippen molar-refractivity contribution in [3.63, 3.8) is 0 Å². The molecule has 1 heterocycles. The van der Waals surface area contributed by atoms with Gasteiger partial charge in [-0.25, -0.2) is 4.98 Å². The fraction of sp³-hybridized carbons (Fsp3) is 0.500. The molecule has 0 saturated heterocycles. The molecule has 0 saturated carbocycles. The molecule has 0 radical (unpaired) electrons. The number of nitrogens with zero attached hydrogens (tertiary/aromatic N) is 2. The van der Waals surface area contributed by atoms with Crippen LogP contribution in [0.3, 0.4) is 0 Å². The highest BCUT2D eigenvalue weighted by Crippen LogP contribution is 2.15. The van der Waals surface area contributed by atoms with Gasteiger partial charge in [-0.2, -0.15) is 11.8 Å². The van der Waals surface area contributed by atoms with Gasteiger partial charge >= 0.3 is 0 Å². The minimum Gasteiger partial charge on any atom is -0.384 e. The second kappa shape index (κ2) is 5.10. The smallest absolute Gasteiger partial charge is 0.127 e. The number of aryl methyl sites for hydroxylation is 2. The standard InChI is InChI=1S/C10H17N3S/c1-4-6-13-8(2)12-9(10(13)11)5-7-14-3/h4H,1,5-7,11H2,2-3H3. The molecule has 0 fully saturated rings. The number of rotatable bonds is 5. The largest absolute Gasteiger partial charge is 0.384 e. The molecule has 1 aromatic heterocycles. The maximum atomic E-state index is 5.97. The summed E-state index contributed by atoms with van der Waals surface area (Å²) in [5, 5.41) is 0. The van der Waals surface area contributed by atoms with Crippen LogP contribution in [0.1, 0.15) is 11.5 Å². The van der Waals surface area contributed by atoms with Gasteiger partial charge in [-0.05, 0) is 18.9 Å². The van der Waals surface area contributed by atoms with E-state index in [1.807, 2.05) is 29.3 Å². The van der Waals surface area contributed by atoms with Gasteiger partial charge in [-0.1, -0.05) is 6.08 Å². The van der Waals surface area contributed by atoms with Crippen LogP contribution in [0.2, 0.25) is 0 Å². The van der Waals surface area contributed by atoms with Crippen LogP contribution in [-0.2, 0) is 13.0 Å². The molecule has 0 unspecified atom stereocenters. The van der Waals surface area contributed by atoms with Crippen molar-refractivity contribution in [3.05, 3.63) is 24.2 Å². The van der Waals surface area contributed by atoms with Crippen molar-refractivity contribution in [1.29, 1.82) is 0 Å². The molecule has 0 aliphatic heterocycles. The first-order chi connectivity index (χ1) is 6.70. The summed E-state index contributed by atoms with van der Waals surface area (Å²) in [6.45, 7) is 6.42. The van der Waals surface area contributed by atoms with Crippen LogP contribution >= 0.6 is 11.8 Å². The lowest BCUT2D eigenvalue weighted by molar-refractivity contribution is 0.792. The molecule has 4 heteroatoms. The Morgan fingerprint density at radius 2 is 2.36 bits per heavy atom. The normalized spacial score (nSPS) is 10.4. The molecule has 0 bridgehead atoms. The highest BCUT2D eigenvalue weighted by atomic mass is 32.2. The molecule has 0 aliphatic carbocycles. The average molecular weight is 211 g/mol. The summed E-state index contributed by atoms with van der Waals surface area (Å²) in [5.41, 5.74) is 6.99. The summed E-state index contributed by atoms with van der Waals surface area (Å²) in [7, 11) is 0. The number of nitrogens with two attached hydrogens (primary N) is 1. The lowest BCUT2D eigenvalue weighted by Crippen LogP contribution is -2.04. The molecule has 0 amide bonds. The number of imidazole rings is 1. The van der Waals surface area contributed by atoms with Crippen LogP contribution in [0.25, 0.3) is 0 Å². The van der Waals surface area contributed by atoms with Crippen LogP contribution in [0.15, 0.2) is 12.7 Å². The Kier molecular flexibility index (Phi) is 4.07. The van der Waals surface area contributed by atoms with Gasteiger partial charge in [0.2, 0.25) is 0 Å². The van der Waals surface area contributed by atoms with Crippen molar-refractivity contribution in [1.82, 2.24) is 9.55 Å². The third-order valence-electron chi connectivity index (χ3n) is 2.13. The third kappa shape index (κ3) is 2.32. The number of hydrogen-bond acceptors (Lipinski definition) is 3. The molecule has 3 nitrogen and oxygen atoms in total. The minimum absolute atomic E-state index is 0.740. The highest BCUT2D eigenvalue weighted by Gasteiger charge is 2.09. The molecule has 0 atom stereocenters. The zero-order valence-electron chi connectivity index (χ0n) is 8.79. The molecule has 14 heavy (non-hydrogen) atoms. The van der Waals surface area contributed by atoms with Crippen molar-refractivity contribution in [2.45, 2.75) is 19.9 Å². The van der Waals surface area contributed by atoms with Gasteiger partial charge in [0.1, 0.15) is 11.6 Å². The summed E-state index contributed by atoms with van der Waals surface area (Å²) in [5.74, 6) is 2.82. The zero-order chi connectivity index (χ0) is 10.6. The Balaban J connectivity index is 2.86. The van der Waals surface area contributed by atoms with E-state index in [1.54, 1.807) is 0 Å². The average Bonchev–Trinajstić information content (AvgIpc) is 2.43. The number of hydrogen-bond donors (Lipinski definition) is 1. The van der Waals surface area contributed by atoms with E-state index in [4.69, 9.17) is 5.73 Å². The first-order valence-electron chi connectivity index (χ1n) is 4.62. The van der Waals surface area contributed by atoms with Crippen LogP contribution < -0.4 is 5.73 Å². The Morgan fingerprint density at radius 1 is 1.64 bits per heavy atom. The van der Waals surface area contributed by atoms with Gasteiger partial charge < -0.3 is 10.3 Å². The summed E-state index contributed by atoms with van der Waals surface area (Å²) in [4.78, 5) is 4.44. The molecular weight excluding hydrogens is 194 g/mol. The summed E-state index contributed by atoms with van der Waals surface area (Å²) in [6, 6.07) is 0. The van der Waals surface area contributed by atoms with Gasteiger partial charge in [0.25, 0.3) is 0 Å². The zero-order valence-corrected chi connectivity index (χ0v) is 9.60. The number of allylic oxidation sites excluding steroid dienone is 1. The quantitative estimate of drug-likeness (QED) is 0.756. The van der Waals surface area contributed by atoms with Crippen molar-refractivity contribution in [3.8, 4) is 0 Å². The van der Waals surface area contributed by atoms with E-state index < -0.39 is 0 Å². The molecule has 2 N–H and O–H groups in total. The summed E-state index contributed by atoms with van der Waals surface area (Å²) < 4.78 is 1.99. The lowest BCUT2D eigenvalue weighted by Gasteiger charge is -2.03. The lowest BCUT2D eigenvalue weighted by atomic mass is 10.3. The minimum atomic E-state index is 0.740. The maximum absolute atomic E-state index is 5.97. The second-order valence-electron chi connectivity index (χ2n) is 3.13. The fourth-order valence-electron chi connectivity index (χ4n) is 1.39. The number of nitrogen functional groups attached to an aromatic ring is 1. The van der Waals surface area contributed by atoms with E-state index in [0.29, 0.717) is 0 Å². The molecule has 0 aliphatic rings. The Hall–Kier alpha value is -0.900. The summed E-state index contributed by atoms with van der Waals surface area (Å²) >= 11 is 1.81. The topological polar surface area (TPSA) is 43.8 Å². The monoisotopic (exact) mass is 211 g/mol. The Morgan fingerprint density at radius 3 is 2.93 bits per heavy atom. The van der Waals surface area contributed by atoms with Gasteiger partial charge in [0.15, 0.2) is 0 Å². The van der Waals surface area contributed by atoms with Gasteiger partial charge in [0.05, 0.1) is 5.69 Å². The van der Waals surface area contributed by atoms with Crippen LogP contribution in [0, 0.1) is 6.92 Å². The molecule has 1 aromatic rings. The fourth-order valence-corrected chi connectivity index (χ4v) is 1.78. The maximum Gasteiger partial charge on any atom is 0.127 e. The van der Waals surface area contributed by atoms with Crippen molar-refractivity contribution >= 4 is 17.6 Å². The van der Waals surface area contributed by atoms with E-state index in [0.717, 1.165) is 36.1 Å². The second-order valence-corrected chi connectivity index (χ2v) is 4.12. The van der Waals surface area contributed by atoms with E-state index >= 15 is 0 Å². The van der Waals surface area contributed by atoms with Crippen LogP contribution in [0.4, 0.5) is 5.82 Å². The Labute approximate surface area is 89.4 Å². The van der Waals surface area contributed by atoms with Gasteiger partial charge in [-0.3, -0.25) is 0 Å². The third-order valence-corrected chi connectivity index (χ3v) is 2.74. The van der Waals surface area contributed by atoms with Crippen LogP contribution in [0.5, 0.6) is 0 Å². The molecule has 1 rings (SSSR count). The molecule has 0 spiro atoms.